The highest BCUT2D eigenvalue weighted by Crippen LogP contribution is 2.21. The smallest absolute Gasteiger partial charge is 0.265 e. The van der Waals surface area contributed by atoms with Crippen LogP contribution in [0.25, 0.3) is 0 Å². The second-order valence-corrected chi connectivity index (χ2v) is 6.61. The van der Waals surface area contributed by atoms with E-state index in [0.29, 0.717) is 17.0 Å². The average molecular weight is 352 g/mol. The van der Waals surface area contributed by atoms with Crippen molar-refractivity contribution in [3.8, 4) is 5.75 Å². The first-order valence-corrected chi connectivity index (χ1v) is 8.97. The fraction of sp³-hybridized carbons (Fsp3) is 0.333. The predicted octanol–water partition coefficient (Wildman–Crippen LogP) is 3.64. The topological polar surface area (TPSA) is 58.6 Å². The van der Waals surface area contributed by atoms with E-state index in [4.69, 9.17) is 4.74 Å². The Balaban J connectivity index is 1.68. The van der Waals surface area contributed by atoms with Gasteiger partial charge in [0.05, 0.1) is 11.3 Å². The van der Waals surface area contributed by atoms with Crippen LogP contribution in [0.15, 0.2) is 48.5 Å². The van der Waals surface area contributed by atoms with E-state index >= 15 is 0 Å². The number of carbonyl (C=O) groups is 2. The van der Waals surface area contributed by atoms with Crippen LogP contribution in [0.2, 0.25) is 0 Å². The molecule has 136 valence electrons. The molecule has 1 aliphatic rings. The minimum absolute atomic E-state index is 0.0366. The molecule has 3 rings (SSSR count). The van der Waals surface area contributed by atoms with Crippen molar-refractivity contribution >= 4 is 17.5 Å². The van der Waals surface area contributed by atoms with Gasteiger partial charge in [-0.1, -0.05) is 29.8 Å². The van der Waals surface area contributed by atoms with Gasteiger partial charge in [-0.05, 0) is 51.0 Å². The largest absolute Gasteiger partial charge is 0.481 e. The first kappa shape index (κ1) is 18.0. The van der Waals surface area contributed by atoms with Crippen molar-refractivity contribution in [3.63, 3.8) is 0 Å². The number of rotatable bonds is 5. The second kappa shape index (κ2) is 8.04. The molecule has 2 aromatic rings. The molecule has 0 bridgehead atoms. The summed E-state index contributed by atoms with van der Waals surface area (Å²) < 4.78 is 5.70. The van der Waals surface area contributed by atoms with E-state index in [9.17, 15) is 9.59 Å². The van der Waals surface area contributed by atoms with E-state index in [2.05, 4.69) is 5.32 Å². The molecule has 2 amide bonds. The quantitative estimate of drug-likeness (QED) is 0.894. The molecule has 1 heterocycles. The summed E-state index contributed by atoms with van der Waals surface area (Å²) >= 11 is 0. The number of nitrogens with one attached hydrogen (secondary N) is 1. The third kappa shape index (κ3) is 4.23. The maximum atomic E-state index is 12.7. The first-order valence-electron chi connectivity index (χ1n) is 8.97. The summed E-state index contributed by atoms with van der Waals surface area (Å²) in [4.78, 5) is 27.0. The molecule has 1 saturated heterocycles. The Hall–Kier alpha value is -2.82. The van der Waals surface area contributed by atoms with Crippen molar-refractivity contribution in [1.29, 1.82) is 0 Å². The van der Waals surface area contributed by atoms with Crippen LogP contribution in [-0.4, -0.2) is 35.9 Å². The van der Waals surface area contributed by atoms with Crippen LogP contribution in [-0.2, 0) is 4.79 Å². The van der Waals surface area contributed by atoms with Crippen LogP contribution in [0.3, 0.4) is 0 Å². The maximum absolute atomic E-state index is 12.7. The van der Waals surface area contributed by atoms with Crippen molar-refractivity contribution < 1.29 is 14.3 Å². The van der Waals surface area contributed by atoms with Crippen LogP contribution in [0.4, 0.5) is 5.69 Å². The average Bonchev–Trinajstić information content (AvgIpc) is 3.18. The SMILES string of the molecule is Cc1ccc(OC(C)C(=O)Nc2ccccc2C(=O)N2CCCC2)cc1. The fourth-order valence-corrected chi connectivity index (χ4v) is 2.98. The lowest BCUT2D eigenvalue weighted by Gasteiger charge is -2.19. The van der Waals surface area contributed by atoms with Crippen molar-refractivity contribution in [3.05, 3.63) is 59.7 Å². The van der Waals surface area contributed by atoms with Gasteiger partial charge < -0.3 is 15.0 Å². The normalized spacial score (nSPS) is 14.8. The van der Waals surface area contributed by atoms with Crippen LogP contribution >= 0.6 is 0 Å². The van der Waals surface area contributed by atoms with Crippen LogP contribution < -0.4 is 10.1 Å². The number of hydrogen-bond donors (Lipinski definition) is 1. The molecule has 0 aromatic heterocycles. The molecule has 1 fully saturated rings. The van der Waals surface area contributed by atoms with Gasteiger partial charge in [-0.3, -0.25) is 9.59 Å². The Morgan fingerprint density at radius 3 is 2.38 bits per heavy atom. The number of amides is 2. The molecule has 0 saturated carbocycles. The van der Waals surface area contributed by atoms with Crippen molar-refractivity contribution in [1.82, 2.24) is 4.90 Å². The van der Waals surface area contributed by atoms with E-state index in [1.54, 1.807) is 19.1 Å². The van der Waals surface area contributed by atoms with Crippen LogP contribution in [0.1, 0.15) is 35.7 Å². The highest BCUT2D eigenvalue weighted by Gasteiger charge is 2.23. The van der Waals surface area contributed by atoms with Crippen LogP contribution in [0, 0.1) is 6.92 Å². The third-order valence-corrected chi connectivity index (χ3v) is 4.51. The van der Waals surface area contributed by atoms with Gasteiger partial charge in [0.15, 0.2) is 6.10 Å². The fourth-order valence-electron chi connectivity index (χ4n) is 2.98. The number of carbonyl (C=O) groups excluding carboxylic acids is 2. The molecule has 26 heavy (non-hydrogen) atoms. The summed E-state index contributed by atoms with van der Waals surface area (Å²) in [6, 6.07) is 14.7. The zero-order valence-corrected chi connectivity index (χ0v) is 15.2. The van der Waals surface area contributed by atoms with E-state index in [1.165, 1.54) is 0 Å². The van der Waals surface area contributed by atoms with Crippen molar-refractivity contribution in [2.45, 2.75) is 32.8 Å². The third-order valence-electron chi connectivity index (χ3n) is 4.51. The Morgan fingerprint density at radius 2 is 1.69 bits per heavy atom. The molecular weight excluding hydrogens is 328 g/mol. The molecule has 1 aliphatic heterocycles. The van der Waals surface area contributed by atoms with Gasteiger partial charge in [0, 0.05) is 13.1 Å². The summed E-state index contributed by atoms with van der Waals surface area (Å²) in [7, 11) is 0. The van der Waals surface area contributed by atoms with Gasteiger partial charge in [0.2, 0.25) is 0 Å². The molecular formula is C21H24N2O3. The van der Waals surface area contributed by atoms with E-state index in [-0.39, 0.29) is 11.8 Å². The number of ether oxygens (including phenoxy) is 1. The highest BCUT2D eigenvalue weighted by molar-refractivity contribution is 6.04. The van der Waals surface area contributed by atoms with Gasteiger partial charge in [-0.2, -0.15) is 0 Å². The Kier molecular flexibility index (Phi) is 5.56. The van der Waals surface area contributed by atoms with Gasteiger partial charge in [-0.15, -0.1) is 0 Å². The van der Waals surface area contributed by atoms with E-state index in [1.807, 2.05) is 48.2 Å². The van der Waals surface area contributed by atoms with Crippen LogP contribution in [0.5, 0.6) is 5.75 Å². The standard InChI is InChI=1S/C21H24N2O3/c1-15-9-11-17(12-10-15)26-16(2)20(24)22-19-8-4-3-7-18(19)21(25)23-13-5-6-14-23/h3-4,7-12,16H,5-6,13-14H2,1-2H3,(H,22,24). The number of para-hydroxylation sites is 1. The molecule has 0 radical (unpaired) electrons. The predicted molar refractivity (Wildman–Crippen MR) is 101 cm³/mol. The highest BCUT2D eigenvalue weighted by atomic mass is 16.5. The summed E-state index contributed by atoms with van der Waals surface area (Å²) in [5.41, 5.74) is 2.17. The monoisotopic (exact) mass is 352 g/mol. The number of nitrogens with zero attached hydrogens (tertiary/aromatic N) is 1. The minimum Gasteiger partial charge on any atom is -0.481 e. The van der Waals surface area contributed by atoms with Gasteiger partial charge in [-0.25, -0.2) is 0 Å². The lowest BCUT2D eigenvalue weighted by molar-refractivity contribution is -0.122. The number of aryl methyl sites for hydroxylation is 1. The number of benzene rings is 2. The van der Waals surface area contributed by atoms with E-state index in [0.717, 1.165) is 31.5 Å². The summed E-state index contributed by atoms with van der Waals surface area (Å²) in [6.45, 7) is 5.23. The van der Waals surface area contributed by atoms with Crippen molar-refractivity contribution in [2.24, 2.45) is 0 Å². The van der Waals surface area contributed by atoms with Gasteiger partial charge in [0.1, 0.15) is 5.75 Å². The molecule has 1 unspecified atom stereocenters. The molecule has 2 aromatic carbocycles. The Bertz CT molecular complexity index is 780. The number of hydrogen-bond acceptors (Lipinski definition) is 3. The first-order chi connectivity index (χ1) is 12.5. The molecule has 0 aliphatic carbocycles. The Labute approximate surface area is 154 Å². The summed E-state index contributed by atoms with van der Waals surface area (Å²) in [6.07, 6.45) is 1.39. The van der Waals surface area contributed by atoms with Crippen molar-refractivity contribution in [2.75, 3.05) is 18.4 Å². The van der Waals surface area contributed by atoms with Gasteiger partial charge >= 0.3 is 0 Å². The molecule has 1 N–H and O–H groups in total. The summed E-state index contributed by atoms with van der Waals surface area (Å²) in [5, 5.41) is 2.83. The summed E-state index contributed by atoms with van der Waals surface area (Å²) in [5.74, 6) is 0.317. The lowest BCUT2D eigenvalue weighted by atomic mass is 10.1. The second-order valence-electron chi connectivity index (χ2n) is 6.61. The molecule has 5 heteroatoms. The van der Waals surface area contributed by atoms with E-state index < -0.39 is 6.10 Å². The molecule has 0 spiro atoms. The zero-order valence-electron chi connectivity index (χ0n) is 15.2. The molecule has 5 nitrogen and oxygen atoms in total. The maximum Gasteiger partial charge on any atom is 0.265 e. The minimum atomic E-state index is -0.673. The lowest BCUT2D eigenvalue weighted by Crippen LogP contribution is -2.32. The van der Waals surface area contributed by atoms with Gasteiger partial charge in [0.25, 0.3) is 11.8 Å². The number of anilines is 1. The molecule has 1 atom stereocenters. The zero-order chi connectivity index (χ0) is 18.5. The Morgan fingerprint density at radius 1 is 1.04 bits per heavy atom. The number of likely N-dealkylation sites (tertiary alicyclic amines) is 1.